The summed E-state index contributed by atoms with van der Waals surface area (Å²) in [4.78, 5) is 17.5. The second-order valence-electron chi connectivity index (χ2n) is 6.38. The molecule has 0 bridgehead atoms. The molecule has 26 heavy (non-hydrogen) atoms. The van der Waals surface area contributed by atoms with Crippen molar-refractivity contribution in [2.45, 2.75) is 32.2 Å². The minimum atomic E-state index is -0.823. The molecule has 0 aliphatic carbocycles. The maximum absolute atomic E-state index is 11.2. The quantitative estimate of drug-likeness (QED) is 0.884. The lowest BCUT2D eigenvalue weighted by atomic mass is 10.1. The highest BCUT2D eigenvalue weighted by atomic mass is 16.5. The van der Waals surface area contributed by atoms with Gasteiger partial charge in [0.15, 0.2) is 11.5 Å². The van der Waals surface area contributed by atoms with Gasteiger partial charge in [-0.1, -0.05) is 31.0 Å². The van der Waals surface area contributed by atoms with Crippen molar-refractivity contribution >= 4 is 5.97 Å². The number of ether oxygens (including phenoxy) is 2. The van der Waals surface area contributed by atoms with Crippen LogP contribution in [0.25, 0.3) is 0 Å². The number of para-hydroxylation sites is 2. The molecule has 0 saturated carbocycles. The molecule has 3 rings (SSSR count). The van der Waals surface area contributed by atoms with E-state index in [1.54, 1.807) is 6.20 Å². The second-order valence-corrected chi connectivity index (χ2v) is 6.38. The van der Waals surface area contributed by atoms with Crippen LogP contribution in [0.3, 0.4) is 0 Å². The standard InChI is InChI=1S/C20H24N2O4/c23-19(24)15-22-12-5-1-2-6-13-25-17-9-3-4-10-18(17)26-20-16(14-22)8-7-11-21-20/h3-4,7-11H,1-2,5-6,12-15H2,(H,23,24). The number of hydrogen-bond acceptors (Lipinski definition) is 5. The summed E-state index contributed by atoms with van der Waals surface area (Å²) in [6.45, 7) is 1.86. The average Bonchev–Trinajstić information content (AvgIpc) is 2.62. The number of aliphatic carboxylic acids is 1. The molecule has 2 heterocycles. The van der Waals surface area contributed by atoms with Crippen LogP contribution in [-0.4, -0.2) is 40.7 Å². The van der Waals surface area contributed by atoms with E-state index in [-0.39, 0.29) is 6.54 Å². The van der Waals surface area contributed by atoms with Crippen molar-refractivity contribution < 1.29 is 19.4 Å². The van der Waals surface area contributed by atoms with Crippen molar-refractivity contribution in [1.82, 2.24) is 9.88 Å². The molecule has 0 saturated heterocycles. The van der Waals surface area contributed by atoms with E-state index in [0.29, 0.717) is 30.5 Å². The molecule has 6 heteroatoms. The summed E-state index contributed by atoms with van der Waals surface area (Å²) in [5.41, 5.74) is 0.862. The number of fused-ring (bicyclic) bond motifs is 2. The number of carboxylic acids is 1. The summed E-state index contributed by atoms with van der Waals surface area (Å²) < 4.78 is 11.9. The van der Waals surface area contributed by atoms with Crippen molar-refractivity contribution in [2.24, 2.45) is 0 Å². The first-order valence-corrected chi connectivity index (χ1v) is 9.00. The molecule has 1 aliphatic heterocycles. The maximum Gasteiger partial charge on any atom is 0.317 e. The minimum Gasteiger partial charge on any atom is -0.490 e. The first-order chi connectivity index (χ1) is 12.7. The van der Waals surface area contributed by atoms with Crippen molar-refractivity contribution in [3.63, 3.8) is 0 Å². The predicted molar refractivity (Wildman–Crippen MR) is 97.6 cm³/mol. The molecule has 0 amide bonds. The molecule has 1 aromatic carbocycles. The molecule has 1 aromatic heterocycles. The van der Waals surface area contributed by atoms with E-state index in [1.165, 1.54) is 0 Å². The van der Waals surface area contributed by atoms with Crippen LogP contribution in [0.1, 0.15) is 31.2 Å². The first kappa shape index (κ1) is 18.2. The van der Waals surface area contributed by atoms with Gasteiger partial charge < -0.3 is 14.6 Å². The lowest BCUT2D eigenvalue weighted by Gasteiger charge is -2.22. The molecule has 138 valence electrons. The molecule has 1 aliphatic rings. The van der Waals surface area contributed by atoms with Crippen LogP contribution >= 0.6 is 0 Å². The van der Waals surface area contributed by atoms with Gasteiger partial charge in [-0.3, -0.25) is 9.69 Å². The second kappa shape index (κ2) is 9.20. The fraction of sp³-hybridized carbons (Fsp3) is 0.400. The van der Waals surface area contributed by atoms with E-state index in [1.807, 2.05) is 41.3 Å². The number of pyridine rings is 1. The molecule has 0 unspecified atom stereocenters. The molecular formula is C20H24N2O4. The smallest absolute Gasteiger partial charge is 0.317 e. The first-order valence-electron chi connectivity index (χ1n) is 9.00. The molecular weight excluding hydrogens is 332 g/mol. The minimum absolute atomic E-state index is 0.00797. The number of carboxylic acid groups (broad SMARTS) is 1. The Hall–Kier alpha value is -2.60. The largest absolute Gasteiger partial charge is 0.490 e. The molecule has 1 N–H and O–H groups in total. The van der Waals surface area contributed by atoms with E-state index >= 15 is 0 Å². The van der Waals surface area contributed by atoms with Crippen LogP contribution < -0.4 is 9.47 Å². The fourth-order valence-electron chi connectivity index (χ4n) is 3.01. The van der Waals surface area contributed by atoms with Gasteiger partial charge in [0.05, 0.1) is 13.2 Å². The van der Waals surface area contributed by atoms with Gasteiger partial charge in [0.1, 0.15) is 0 Å². The van der Waals surface area contributed by atoms with E-state index in [0.717, 1.165) is 37.8 Å². The van der Waals surface area contributed by atoms with Crippen LogP contribution in [0.15, 0.2) is 42.6 Å². The third-order valence-corrected chi connectivity index (χ3v) is 4.28. The summed E-state index contributed by atoms with van der Waals surface area (Å²) in [5.74, 6) is 0.977. The predicted octanol–water partition coefficient (Wildman–Crippen LogP) is 3.71. The van der Waals surface area contributed by atoms with Gasteiger partial charge in [-0.05, 0) is 37.6 Å². The number of carbonyl (C=O) groups is 1. The Morgan fingerprint density at radius 2 is 1.88 bits per heavy atom. The summed E-state index contributed by atoms with van der Waals surface area (Å²) in [5, 5.41) is 9.21. The van der Waals surface area contributed by atoms with E-state index in [4.69, 9.17) is 9.47 Å². The van der Waals surface area contributed by atoms with Crippen LogP contribution in [0.4, 0.5) is 0 Å². The zero-order valence-corrected chi connectivity index (χ0v) is 14.8. The van der Waals surface area contributed by atoms with Gasteiger partial charge in [-0.2, -0.15) is 0 Å². The lowest BCUT2D eigenvalue weighted by Crippen LogP contribution is -2.30. The highest BCUT2D eigenvalue weighted by Gasteiger charge is 2.16. The third-order valence-electron chi connectivity index (χ3n) is 4.28. The number of aromatic nitrogens is 1. The summed E-state index contributed by atoms with van der Waals surface area (Å²) in [6, 6.07) is 11.3. The highest BCUT2D eigenvalue weighted by Crippen LogP contribution is 2.32. The Morgan fingerprint density at radius 3 is 2.73 bits per heavy atom. The maximum atomic E-state index is 11.2. The average molecular weight is 356 g/mol. The van der Waals surface area contributed by atoms with E-state index in [2.05, 4.69) is 4.98 Å². The Balaban J connectivity index is 1.88. The third kappa shape index (κ3) is 5.20. The molecule has 0 atom stereocenters. The van der Waals surface area contributed by atoms with Gasteiger partial charge in [-0.15, -0.1) is 0 Å². The fourth-order valence-corrected chi connectivity index (χ4v) is 3.01. The summed E-state index contributed by atoms with van der Waals surface area (Å²) in [7, 11) is 0. The van der Waals surface area contributed by atoms with Gasteiger partial charge in [-0.25, -0.2) is 4.98 Å². The molecule has 0 spiro atoms. The molecule has 6 nitrogen and oxygen atoms in total. The van der Waals surface area contributed by atoms with Crippen LogP contribution in [0, 0.1) is 0 Å². The van der Waals surface area contributed by atoms with Crippen LogP contribution in [-0.2, 0) is 11.3 Å². The zero-order chi connectivity index (χ0) is 18.2. The van der Waals surface area contributed by atoms with Crippen LogP contribution in [0.2, 0.25) is 0 Å². The Kier molecular flexibility index (Phi) is 6.44. The van der Waals surface area contributed by atoms with Gasteiger partial charge in [0.2, 0.25) is 5.88 Å². The zero-order valence-electron chi connectivity index (χ0n) is 14.8. The Bertz CT molecular complexity index is 735. The van der Waals surface area contributed by atoms with Crippen molar-refractivity contribution in [1.29, 1.82) is 0 Å². The van der Waals surface area contributed by atoms with Crippen molar-refractivity contribution in [2.75, 3.05) is 19.7 Å². The lowest BCUT2D eigenvalue weighted by molar-refractivity contribution is -0.138. The SMILES string of the molecule is O=C(O)CN1CCCCCCOc2ccccc2Oc2ncccc2C1. The number of hydrogen-bond donors (Lipinski definition) is 1. The van der Waals surface area contributed by atoms with Crippen LogP contribution in [0.5, 0.6) is 17.4 Å². The molecule has 2 aromatic rings. The van der Waals surface area contributed by atoms with E-state index < -0.39 is 5.97 Å². The van der Waals surface area contributed by atoms with Gasteiger partial charge in [0.25, 0.3) is 0 Å². The summed E-state index contributed by atoms with van der Waals surface area (Å²) >= 11 is 0. The van der Waals surface area contributed by atoms with Gasteiger partial charge in [0, 0.05) is 18.3 Å². The normalized spacial score (nSPS) is 16.3. The number of nitrogens with zero attached hydrogens (tertiary/aromatic N) is 2. The van der Waals surface area contributed by atoms with Crippen molar-refractivity contribution in [3.8, 4) is 17.4 Å². The van der Waals surface area contributed by atoms with E-state index in [9.17, 15) is 9.90 Å². The highest BCUT2D eigenvalue weighted by molar-refractivity contribution is 5.69. The molecule has 0 fully saturated rings. The topological polar surface area (TPSA) is 71.9 Å². The van der Waals surface area contributed by atoms with Crippen molar-refractivity contribution in [3.05, 3.63) is 48.2 Å². The molecule has 0 radical (unpaired) electrons. The number of benzene rings is 1. The Morgan fingerprint density at radius 1 is 1.08 bits per heavy atom. The summed E-state index contributed by atoms with van der Waals surface area (Å²) in [6.07, 6.45) is 5.70. The number of rotatable bonds is 2. The Labute approximate surface area is 153 Å². The van der Waals surface area contributed by atoms with Gasteiger partial charge >= 0.3 is 5.97 Å². The monoisotopic (exact) mass is 356 g/mol.